The Bertz CT molecular complexity index is 904. The van der Waals surface area contributed by atoms with Crippen LogP contribution in [0.1, 0.15) is 25.5 Å². The van der Waals surface area contributed by atoms with Crippen molar-refractivity contribution in [3.05, 3.63) is 42.1 Å². The van der Waals surface area contributed by atoms with Crippen molar-refractivity contribution in [3.8, 4) is 5.69 Å². The summed E-state index contributed by atoms with van der Waals surface area (Å²) in [5, 5.41) is 8.25. The molecule has 0 aliphatic carbocycles. The summed E-state index contributed by atoms with van der Waals surface area (Å²) in [6.45, 7) is 11.1. The van der Waals surface area contributed by atoms with Crippen LogP contribution in [-0.2, 0) is 4.79 Å². The lowest BCUT2D eigenvalue weighted by atomic mass is 10.1. The van der Waals surface area contributed by atoms with Crippen molar-refractivity contribution in [1.82, 2.24) is 24.9 Å². The molecule has 4 heterocycles. The monoisotopic (exact) mass is 422 g/mol. The van der Waals surface area contributed by atoms with Crippen LogP contribution in [-0.4, -0.2) is 83.4 Å². The third kappa shape index (κ3) is 4.21. The fourth-order valence-electron chi connectivity index (χ4n) is 5.33. The van der Waals surface area contributed by atoms with Crippen LogP contribution in [0.5, 0.6) is 0 Å². The highest BCUT2D eigenvalue weighted by Crippen LogP contribution is 2.25. The van der Waals surface area contributed by atoms with Gasteiger partial charge in [-0.05, 0) is 37.8 Å². The van der Waals surface area contributed by atoms with Crippen molar-refractivity contribution in [3.63, 3.8) is 0 Å². The Morgan fingerprint density at radius 2 is 1.87 bits per heavy atom. The molecule has 3 aliphatic heterocycles. The van der Waals surface area contributed by atoms with E-state index in [-0.39, 0.29) is 6.04 Å². The van der Waals surface area contributed by atoms with Crippen LogP contribution in [0.15, 0.2) is 36.4 Å². The smallest absolute Gasteiger partial charge is 0.239 e. The summed E-state index contributed by atoms with van der Waals surface area (Å²) in [6, 6.07) is 13.0. The molecule has 3 fully saturated rings. The third-order valence-corrected chi connectivity index (χ3v) is 7.11. The van der Waals surface area contributed by atoms with Gasteiger partial charge in [0.2, 0.25) is 5.91 Å². The minimum absolute atomic E-state index is 0.00417. The molecule has 0 radical (unpaired) electrons. The van der Waals surface area contributed by atoms with Crippen molar-refractivity contribution in [2.45, 2.75) is 38.8 Å². The maximum atomic E-state index is 12.9. The van der Waals surface area contributed by atoms with E-state index in [1.165, 1.54) is 5.82 Å². The molecule has 31 heavy (non-hydrogen) atoms. The highest BCUT2D eigenvalue weighted by atomic mass is 16.2. The van der Waals surface area contributed by atoms with Gasteiger partial charge in [-0.3, -0.25) is 9.69 Å². The number of nitrogens with one attached hydrogen (secondary N) is 1. The zero-order chi connectivity index (χ0) is 21.4. The summed E-state index contributed by atoms with van der Waals surface area (Å²) >= 11 is 0. The molecule has 5 rings (SSSR count). The van der Waals surface area contributed by atoms with E-state index in [2.05, 4.69) is 68.9 Å². The van der Waals surface area contributed by atoms with Crippen molar-refractivity contribution >= 4 is 11.7 Å². The number of para-hydroxylation sites is 1. The predicted molar refractivity (Wildman–Crippen MR) is 123 cm³/mol. The van der Waals surface area contributed by atoms with Crippen molar-refractivity contribution in [2.75, 3.05) is 50.7 Å². The van der Waals surface area contributed by atoms with Gasteiger partial charge >= 0.3 is 0 Å². The number of nitrogens with zero attached hydrogens (tertiary/aromatic N) is 5. The number of carbonyl (C=O) groups excluding carboxylic acids is 1. The van der Waals surface area contributed by atoms with E-state index in [0.29, 0.717) is 17.9 Å². The topological polar surface area (TPSA) is 56.6 Å². The molecule has 0 bridgehead atoms. The van der Waals surface area contributed by atoms with Gasteiger partial charge in [-0.1, -0.05) is 25.1 Å². The molecular formula is C24H34N6O. The maximum Gasteiger partial charge on any atom is 0.239 e. The quantitative estimate of drug-likeness (QED) is 0.816. The first kappa shape index (κ1) is 20.5. The summed E-state index contributed by atoms with van der Waals surface area (Å²) in [5.74, 6) is 2.12. The number of hydrogen-bond acceptors (Lipinski definition) is 5. The molecule has 1 aromatic heterocycles. The lowest BCUT2D eigenvalue weighted by Crippen LogP contribution is -2.51. The van der Waals surface area contributed by atoms with Gasteiger partial charge in [0.05, 0.1) is 17.4 Å². The second kappa shape index (κ2) is 8.63. The molecule has 1 N–H and O–H groups in total. The highest BCUT2D eigenvalue weighted by molar-refractivity contribution is 5.82. The average Bonchev–Trinajstić information content (AvgIpc) is 3.54. The number of piperazine rings is 1. The minimum atomic E-state index is -0.00417. The fourth-order valence-corrected chi connectivity index (χ4v) is 5.33. The minimum Gasteiger partial charge on any atom is -0.354 e. The molecule has 3 atom stereocenters. The van der Waals surface area contributed by atoms with Crippen LogP contribution < -0.4 is 10.2 Å². The highest BCUT2D eigenvalue weighted by Gasteiger charge is 2.37. The zero-order valence-corrected chi connectivity index (χ0v) is 18.7. The van der Waals surface area contributed by atoms with E-state index in [0.717, 1.165) is 70.0 Å². The van der Waals surface area contributed by atoms with E-state index in [1.807, 2.05) is 6.07 Å². The summed E-state index contributed by atoms with van der Waals surface area (Å²) in [5.41, 5.74) is 2.14. The fraction of sp³-hybridized carbons (Fsp3) is 0.583. The number of carbonyl (C=O) groups is 1. The number of hydrogen-bond donors (Lipinski definition) is 1. The normalized spacial score (nSPS) is 27.2. The van der Waals surface area contributed by atoms with Gasteiger partial charge in [-0.2, -0.15) is 5.10 Å². The Labute approximate surface area is 185 Å². The first-order chi connectivity index (χ1) is 15.1. The second-order valence-corrected chi connectivity index (χ2v) is 9.44. The Kier molecular flexibility index (Phi) is 5.71. The molecule has 7 nitrogen and oxygen atoms in total. The molecule has 166 valence electrons. The van der Waals surface area contributed by atoms with Gasteiger partial charge in [-0.15, -0.1) is 0 Å². The number of amides is 1. The number of rotatable bonds is 4. The summed E-state index contributed by atoms with van der Waals surface area (Å²) in [7, 11) is 0. The number of aryl methyl sites for hydroxylation is 1. The summed E-state index contributed by atoms with van der Waals surface area (Å²) in [4.78, 5) is 19.9. The maximum absolute atomic E-state index is 12.9. The molecule has 1 aromatic carbocycles. The predicted octanol–water partition coefficient (Wildman–Crippen LogP) is 1.90. The number of likely N-dealkylation sites (tertiary alicyclic amines) is 1. The average molecular weight is 423 g/mol. The molecular weight excluding hydrogens is 388 g/mol. The summed E-state index contributed by atoms with van der Waals surface area (Å²) < 4.78 is 2.06. The van der Waals surface area contributed by atoms with E-state index in [9.17, 15) is 4.79 Å². The van der Waals surface area contributed by atoms with E-state index in [1.54, 1.807) is 0 Å². The Balaban J connectivity index is 1.19. The molecule has 1 amide bonds. The van der Waals surface area contributed by atoms with Crippen LogP contribution in [0.4, 0.5) is 5.82 Å². The van der Waals surface area contributed by atoms with Crippen LogP contribution >= 0.6 is 0 Å². The van der Waals surface area contributed by atoms with E-state index >= 15 is 0 Å². The SMILES string of the molecule is Cc1cc(N2CCN([C@@H]3CN[C@H](C(=O)N4CCC(C)C4)C3)CC2)n(-c2ccccc2)n1. The van der Waals surface area contributed by atoms with Crippen LogP contribution in [0.2, 0.25) is 0 Å². The van der Waals surface area contributed by atoms with Gasteiger partial charge in [0.15, 0.2) is 0 Å². The molecule has 7 heteroatoms. The molecule has 3 aliphatic rings. The molecule has 3 saturated heterocycles. The van der Waals surface area contributed by atoms with Crippen molar-refractivity contribution in [1.29, 1.82) is 0 Å². The van der Waals surface area contributed by atoms with E-state index < -0.39 is 0 Å². The second-order valence-electron chi connectivity index (χ2n) is 9.44. The molecule has 0 saturated carbocycles. The number of anilines is 1. The first-order valence-electron chi connectivity index (χ1n) is 11.7. The Hall–Kier alpha value is -2.38. The van der Waals surface area contributed by atoms with Gasteiger partial charge in [0.25, 0.3) is 0 Å². The van der Waals surface area contributed by atoms with Crippen LogP contribution in [0.25, 0.3) is 5.69 Å². The van der Waals surface area contributed by atoms with Crippen LogP contribution in [0.3, 0.4) is 0 Å². The molecule has 0 spiro atoms. The standard InChI is InChI=1S/C24H34N6O/c1-18-8-9-29(17-18)24(31)22-15-21(16-25-22)27-10-12-28(13-11-27)23-14-19(2)26-30(23)20-6-4-3-5-7-20/h3-7,14,18,21-22,25H,8-13,15-17H2,1-2H3/t18?,21-,22-/m0/s1. The lowest BCUT2D eigenvalue weighted by Gasteiger charge is -2.38. The lowest BCUT2D eigenvalue weighted by molar-refractivity contribution is -0.132. The molecule has 1 unspecified atom stereocenters. The zero-order valence-electron chi connectivity index (χ0n) is 18.7. The van der Waals surface area contributed by atoms with Crippen LogP contribution in [0, 0.1) is 12.8 Å². The van der Waals surface area contributed by atoms with Gasteiger partial charge in [0, 0.05) is 57.9 Å². The van der Waals surface area contributed by atoms with Gasteiger partial charge in [0.1, 0.15) is 5.82 Å². The Morgan fingerprint density at radius 3 is 2.58 bits per heavy atom. The van der Waals surface area contributed by atoms with Crippen molar-refractivity contribution < 1.29 is 4.79 Å². The van der Waals surface area contributed by atoms with E-state index in [4.69, 9.17) is 5.10 Å². The third-order valence-electron chi connectivity index (χ3n) is 7.11. The van der Waals surface area contributed by atoms with Crippen molar-refractivity contribution in [2.24, 2.45) is 5.92 Å². The number of aromatic nitrogens is 2. The molecule has 2 aromatic rings. The first-order valence-corrected chi connectivity index (χ1v) is 11.7. The van der Waals surface area contributed by atoms with Gasteiger partial charge in [-0.25, -0.2) is 4.68 Å². The summed E-state index contributed by atoms with van der Waals surface area (Å²) in [6.07, 6.45) is 2.08. The largest absolute Gasteiger partial charge is 0.354 e. The number of benzene rings is 1. The van der Waals surface area contributed by atoms with Gasteiger partial charge < -0.3 is 15.1 Å². The Morgan fingerprint density at radius 1 is 1.10 bits per heavy atom.